The molecule has 1 saturated heterocycles. The molecule has 2 heterocycles. The van der Waals surface area contributed by atoms with Gasteiger partial charge < -0.3 is 5.11 Å². The highest BCUT2D eigenvalue weighted by Gasteiger charge is 2.32. The number of aryl methyl sites for hydroxylation is 1. The van der Waals surface area contributed by atoms with Gasteiger partial charge in [0.1, 0.15) is 5.82 Å². The Morgan fingerprint density at radius 1 is 1.35 bits per heavy atom. The largest absolute Gasteiger partial charge is 0.481 e. The summed E-state index contributed by atoms with van der Waals surface area (Å²) in [7, 11) is -2.94. The second-order valence-corrected chi connectivity index (χ2v) is 7.81. The molecule has 2 aliphatic rings. The Balaban J connectivity index is 1.83. The van der Waals surface area contributed by atoms with Crippen LogP contribution in [0.15, 0.2) is 6.20 Å². The Kier molecular flexibility index (Phi) is 3.24. The van der Waals surface area contributed by atoms with Crippen LogP contribution >= 0.6 is 0 Å². The SMILES string of the molecule is O=C(O)C1CCc2nc(C3CCS(=O)(=O)C3)ncc2C1. The third-order valence-electron chi connectivity index (χ3n) is 4.12. The van der Waals surface area contributed by atoms with Crippen molar-refractivity contribution in [3.05, 3.63) is 23.3 Å². The summed E-state index contributed by atoms with van der Waals surface area (Å²) in [6.07, 6.45) is 3.94. The molecule has 0 saturated carbocycles. The molecule has 1 aliphatic carbocycles. The van der Waals surface area contributed by atoms with Crippen molar-refractivity contribution in [1.29, 1.82) is 0 Å². The quantitative estimate of drug-likeness (QED) is 0.857. The molecule has 0 spiro atoms. The molecule has 1 aromatic rings. The molecule has 3 rings (SSSR count). The molecule has 1 aromatic heterocycles. The highest BCUT2D eigenvalue weighted by Crippen LogP contribution is 2.29. The number of hydrogen-bond acceptors (Lipinski definition) is 5. The van der Waals surface area contributed by atoms with Crippen molar-refractivity contribution in [2.45, 2.75) is 31.6 Å². The molecule has 0 amide bonds. The van der Waals surface area contributed by atoms with Gasteiger partial charge in [0.05, 0.1) is 17.4 Å². The highest BCUT2D eigenvalue weighted by atomic mass is 32.2. The number of carbonyl (C=O) groups is 1. The van der Waals surface area contributed by atoms with Gasteiger partial charge in [-0.2, -0.15) is 0 Å². The number of hydrogen-bond donors (Lipinski definition) is 1. The van der Waals surface area contributed by atoms with Crippen molar-refractivity contribution in [3.63, 3.8) is 0 Å². The monoisotopic (exact) mass is 296 g/mol. The van der Waals surface area contributed by atoms with E-state index in [-0.39, 0.29) is 23.3 Å². The third kappa shape index (κ3) is 2.54. The molecular weight excluding hydrogens is 280 g/mol. The van der Waals surface area contributed by atoms with Crippen LogP contribution in [0.25, 0.3) is 0 Å². The normalized spacial score (nSPS) is 28.0. The fourth-order valence-corrected chi connectivity index (χ4v) is 4.67. The number of aliphatic carboxylic acids is 1. The lowest BCUT2D eigenvalue weighted by molar-refractivity contribution is -0.142. The summed E-state index contributed by atoms with van der Waals surface area (Å²) in [5.74, 6) is -0.311. The summed E-state index contributed by atoms with van der Waals surface area (Å²) < 4.78 is 23.0. The van der Waals surface area contributed by atoms with Crippen LogP contribution < -0.4 is 0 Å². The average molecular weight is 296 g/mol. The van der Waals surface area contributed by atoms with E-state index in [4.69, 9.17) is 5.11 Å². The van der Waals surface area contributed by atoms with Gasteiger partial charge in [-0.1, -0.05) is 0 Å². The van der Waals surface area contributed by atoms with Gasteiger partial charge in [0.2, 0.25) is 0 Å². The Labute approximate surface area is 117 Å². The topological polar surface area (TPSA) is 97.2 Å². The molecule has 0 bridgehead atoms. The van der Waals surface area contributed by atoms with Crippen LogP contribution in [-0.4, -0.2) is 41.0 Å². The second-order valence-electron chi connectivity index (χ2n) is 5.58. The van der Waals surface area contributed by atoms with Crippen LogP contribution in [0.5, 0.6) is 0 Å². The number of aromatic nitrogens is 2. The molecule has 0 radical (unpaired) electrons. The van der Waals surface area contributed by atoms with E-state index in [2.05, 4.69) is 9.97 Å². The Bertz CT molecular complexity index is 656. The van der Waals surface area contributed by atoms with E-state index in [1.54, 1.807) is 6.20 Å². The number of nitrogens with zero attached hydrogens (tertiary/aromatic N) is 2. The smallest absolute Gasteiger partial charge is 0.306 e. The molecule has 1 N–H and O–H groups in total. The van der Waals surface area contributed by atoms with Crippen LogP contribution in [0.2, 0.25) is 0 Å². The van der Waals surface area contributed by atoms with Crippen molar-refractivity contribution in [3.8, 4) is 0 Å². The minimum absolute atomic E-state index is 0.109. The predicted molar refractivity (Wildman–Crippen MR) is 71.2 cm³/mol. The van der Waals surface area contributed by atoms with E-state index >= 15 is 0 Å². The van der Waals surface area contributed by atoms with Crippen molar-refractivity contribution < 1.29 is 18.3 Å². The number of fused-ring (bicyclic) bond motifs is 1. The Hall–Kier alpha value is -1.50. The molecule has 0 aromatic carbocycles. The van der Waals surface area contributed by atoms with Gasteiger partial charge in [0.25, 0.3) is 0 Å². The zero-order valence-corrected chi connectivity index (χ0v) is 11.8. The first kappa shape index (κ1) is 13.5. The van der Waals surface area contributed by atoms with Gasteiger partial charge in [0, 0.05) is 17.8 Å². The molecule has 1 fully saturated rings. The zero-order valence-electron chi connectivity index (χ0n) is 10.9. The van der Waals surface area contributed by atoms with Gasteiger partial charge in [-0.15, -0.1) is 0 Å². The number of carboxylic acid groups (broad SMARTS) is 1. The minimum atomic E-state index is -2.94. The maximum absolute atomic E-state index is 11.5. The van der Waals surface area contributed by atoms with Gasteiger partial charge in [-0.25, -0.2) is 18.4 Å². The van der Waals surface area contributed by atoms with Gasteiger partial charge in [-0.05, 0) is 31.2 Å². The summed E-state index contributed by atoms with van der Waals surface area (Å²) in [5.41, 5.74) is 1.77. The van der Waals surface area contributed by atoms with Gasteiger partial charge >= 0.3 is 5.97 Å². The molecule has 20 heavy (non-hydrogen) atoms. The summed E-state index contributed by atoms with van der Waals surface area (Å²) in [6.45, 7) is 0. The molecule has 108 valence electrons. The molecule has 2 unspecified atom stereocenters. The minimum Gasteiger partial charge on any atom is -0.481 e. The van der Waals surface area contributed by atoms with E-state index < -0.39 is 15.8 Å². The van der Waals surface area contributed by atoms with E-state index in [0.717, 1.165) is 11.3 Å². The number of sulfone groups is 1. The fraction of sp³-hybridized carbons (Fsp3) is 0.615. The molecule has 6 nitrogen and oxygen atoms in total. The van der Waals surface area contributed by atoms with Crippen molar-refractivity contribution in [2.75, 3.05) is 11.5 Å². The maximum Gasteiger partial charge on any atom is 0.306 e. The van der Waals surface area contributed by atoms with Crippen LogP contribution in [0, 0.1) is 5.92 Å². The van der Waals surface area contributed by atoms with E-state index in [0.29, 0.717) is 31.5 Å². The van der Waals surface area contributed by atoms with Gasteiger partial charge in [-0.3, -0.25) is 4.79 Å². The van der Waals surface area contributed by atoms with E-state index in [1.807, 2.05) is 0 Å². The Morgan fingerprint density at radius 2 is 2.15 bits per heavy atom. The second kappa shape index (κ2) is 4.80. The molecule has 1 aliphatic heterocycles. The summed E-state index contributed by atoms with van der Waals surface area (Å²) in [5, 5.41) is 9.04. The lowest BCUT2D eigenvalue weighted by atomic mass is 9.87. The number of carboxylic acids is 1. The molecule has 7 heteroatoms. The Morgan fingerprint density at radius 3 is 2.80 bits per heavy atom. The van der Waals surface area contributed by atoms with Crippen LogP contribution in [0.3, 0.4) is 0 Å². The van der Waals surface area contributed by atoms with E-state index in [9.17, 15) is 13.2 Å². The van der Waals surface area contributed by atoms with Crippen LogP contribution in [0.4, 0.5) is 0 Å². The standard InChI is InChI=1S/C13H16N2O4S/c16-13(17)8-1-2-11-10(5-8)6-14-12(15-11)9-3-4-20(18,19)7-9/h6,8-9H,1-5,7H2,(H,16,17). The summed E-state index contributed by atoms with van der Waals surface area (Å²) in [4.78, 5) is 19.8. The predicted octanol–water partition coefficient (Wildman–Crippen LogP) is 0.568. The highest BCUT2D eigenvalue weighted by molar-refractivity contribution is 7.91. The lowest BCUT2D eigenvalue weighted by Gasteiger charge is -2.21. The summed E-state index contributed by atoms with van der Waals surface area (Å²) >= 11 is 0. The average Bonchev–Trinajstić information content (AvgIpc) is 2.78. The van der Waals surface area contributed by atoms with Crippen molar-refractivity contribution in [2.24, 2.45) is 5.92 Å². The maximum atomic E-state index is 11.5. The lowest BCUT2D eigenvalue weighted by Crippen LogP contribution is -2.24. The fourth-order valence-electron chi connectivity index (χ4n) is 2.93. The first-order valence-electron chi connectivity index (χ1n) is 6.72. The summed E-state index contributed by atoms with van der Waals surface area (Å²) in [6, 6.07) is 0. The van der Waals surface area contributed by atoms with Crippen LogP contribution in [0.1, 0.15) is 35.8 Å². The zero-order chi connectivity index (χ0) is 14.3. The molecule has 2 atom stereocenters. The van der Waals surface area contributed by atoms with Crippen LogP contribution in [-0.2, 0) is 27.5 Å². The molecular formula is C13H16N2O4S. The number of rotatable bonds is 2. The van der Waals surface area contributed by atoms with Gasteiger partial charge in [0.15, 0.2) is 9.84 Å². The van der Waals surface area contributed by atoms with E-state index in [1.165, 1.54) is 0 Å². The first-order chi connectivity index (χ1) is 9.44. The third-order valence-corrected chi connectivity index (χ3v) is 5.88. The van der Waals surface area contributed by atoms with Crippen molar-refractivity contribution in [1.82, 2.24) is 9.97 Å². The first-order valence-corrected chi connectivity index (χ1v) is 8.54. The van der Waals surface area contributed by atoms with Crippen molar-refractivity contribution >= 4 is 15.8 Å².